The highest BCUT2D eigenvalue weighted by atomic mass is 16.5. The summed E-state index contributed by atoms with van der Waals surface area (Å²) in [7, 11) is 0. The molecule has 0 aliphatic rings. The highest BCUT2D eigenvalue weighted by molar-refractivity contribution is 5.94. The van der Waals surface area contributed by atoms with E-state index in [1.807, 2.05) is 54.0 Å². The minimum Gasteiger partial charge on any atom is -0.487 e. The molecule has 0 radical (unpaired) electrons. The van der Waals surface area contributed by atoms with Crippen LogP contribution >= 0.6 is 0 Å². The summed E-state index contributed by atoms with van der Waals surface area (Å²) in [5, 5.41) is 2.86. The second kappa shape index (κ2) is 7.92. The molecule has 0 atom stereocenters. The Bertz CT molecular complexity index is 1090. The molecule has 0 aliphatic heterocycles. The van der Waals surface area contributed by atoms with Crippen molar-refractivity contribution in [1.82, 2.24) is 19.7 Å². The fourth-order valence-electron chi connectivity index (χ4n) is 2.86. The van der Waals surface area contributed by atoms with E-state index in [1.54, 1.807) is 30.5 Å². The van der Waals surface area contributed by atoms with Crippen LogP contribution in [0.2, 0.25) is 0 Å². The van der Waals surface area contributed by atoms with E-state index in [-0.39, 0.29) is 5.91 Å². The number of benzene rings is 1. The average molecular weight is 372 g/mol. The molecule has 0 saturated carbocycles. The molecule has 6 nitrogen and oxygen atoms in total. The van der Waals surface area contributed by atoms with Crippen LogP contribution in [0.15, 0.2) is 73.2 Å². The van der Waals surface area contributed by atoms with Crippen molar-refractivity contribution in [1.29, 1.82) is 0 Å². The first-order valence-electron chi connectivity index (χ1n) is 9.02. The molecule has 0 saturated heterocycles. The number of rotatable bonds is 6. The fraction of sp³-hybridized carbons (Fsp3) is 0.136. The highest BCUT2D eigenvalue weighted by Crippen LogP contribution is 2.15. The number of ether oxygens (including phenoxy) is 1. The number of nitrogens with zero attached hydrogens (tertiary/aromatic N) is 3. The summed E-state index contributed by atoms with van der Waals surface area (Å²) in [6, 6.07) is 16.7. The Balaban J connectivity index is 1.34. The maximum absolute atomic E-state index is 12.2. The third kappa shape index (κ3) is 4.17. The van der Waals surface area contributed by atoms with Crippen molar-refractivity contribution < 1.29 is 9.53 Å². The summed E-state index contributed by atoms with van der Waals surface area (Å²) in [6.07, 6.45) is 5.70. The van der Waals surface area contributed by atoms with Gasteiger partial charge in [-0.25, -0.2) is 4.98 Å². The van der Waals surface area contributed by atoms with Crippen LogP contribution in [0.5, 0.6) is 5.75 Å². The van der Waals surface area contributed by atoms with Gasteiger partial charge < -0.3 is 14.5 Å². The molecular weight excluding hydrogens is 352 g/mol. The molecular formula is C22H20N4O2. The van der Waals surface area contributed by atoms with E-state index in [9.17, 15) is 4.79 Å². The van der Waals surface area contributed by atoms with Crippen LogP contribution in [0.25, 0.3) is 5.65 Å². The number of hydrogen-bond donors (Lipinski definition) is 1. The normalized spacial score (nSPS) is 10.8. The van der Waals surface area contributed by atoms with Gasteiger partial charge in [-0.1, -0.05) is 12.1 Å². The Morgan fingerprint density at radius 3 is 2.68 bits per heavy atom. The molecule has 3 aromatic heterocycles. The molecule has 4 aromatic rings. The maximum atomic E-state index is 12.2. The van der Waals surface area contributed by atoms with E-state index in [2.05, 4.69) is 15.3 Å². The predicted octanol–water partition coefficient (Wildman–Crippen LogP) is 3.55. The van der Waals surface area contributed by atoms with Crippen LogP contribution in [-0.4, -0.2) is 20.3 Å². The number of aryl methyl sites for hydroxylation is 1. The van der Waals surface area contributed by atoms with Crippen LogP contribution in [-0.2, 0) is 13.2 Å². The molecule has 0 unspecified atom stereocenters. The number of carbonyl (C=O) groups excluding carboxylic acids is 1. The van der Waals surface area contributed by atoms with Gasteiger partial charge in [0.15, 0.2) is 0 Å². The number of aromatic nitrogens is 3. The molecule has 3 heterocycles. The topological polar surface area (TPSA) is 68.5 Å². The van der Waals surface area contributed by atoms with Crippen LogP contribution in [0, 0.1) is 6.92 Å². The van der Waals surface area contributed by atoms with Gasteiger partial charge in [0.2, 0.25) is 0 Å². The zero-order chi connectivity index (χ0) is 19.3. The molecule has 0 aliphatic carbocycles. The number of pyridine rings is 2. The Hall–Kier alpha value is -3.67. The monoisotopic (exact) mass is 372 g/mol. The van der Waals surface area contributed by atoms with Gasteiger partial charge in [-0.05, 0) is 55.0 Å². The molecule has 6 heteroatoms. The number of fused-ring (bicyclic) bond motifs is 1. The van der Waals surface area contributed by atoms with Crippen LogP contribution in [0.4, 0.5) is 0 Å². The van der Waals surface area contributed by atoms with Gasteiger partial charge >= 0.3 is 0 Å². The molecule has 1 aromatic carbocycles. The summed E-state index contributed by atoms with van der Waals surface area (Å²) < 4.78 is 7.79. The van der Waals surface area contributed by atoms with Crippen LogP contribution in [0.3, 0.4) is 0 Å². The second-order valence-corrected chi connectivity index (χ2v) is 6.52. The summed E-state index contributed by atoms with van der Waals surface area (Å²) in [5.74, 6) is 0.544. The van der Waals surface area contributed by atoms with Gasteiger partial charge in [-0.15, -0.1) is 0 Å². The molecule has 4 rings (SSSR count). The predicted molar refractivity (Wildman–Crippen MR) is 106 cm³/mol. The summed E-state index contributed by atoms with van der Waals surface area (Å²) in [6.45, 7) is 2.81. The molecule has 0 spiro atoms. The second-order valence-electron chi connectivity index (χ2n) is 6.52. The molecule has 140 valence electrons. The lowest BCUT2D eigenvalue weighted by Crippen LogP contribution is -2.23. The number of hydrogen-bond acceptors (Lipinski definition) is 4. The van der Waals surface area contributed by atoms with Gasteiger partial charge in [0.25, 0.3) is 5.91 Å². The first kappa shape index (κ1) is 17.7. The first-order chi connectivity index (χ1) is 13.7. The van der Waals surface area contributed by atoms with Gasteiger partial charge in [-0.2, -0.15) is 0 Å². The maximum Gasteiger partial charge on any atom is 0.251 e. The lowest BCUT2D eigenvalue weighted by molar-refractivity contribution is 0.0950. The van der Waals surface area contributed by atoms with E-state index < -0.39 is 0 Å². The van der Waals surface area contributed by atoms with Crippen LogP contribution in [0.1, 0.15) is 27.3 Å². The third-order valence-electron chi connectivity index (χ3n) is 4.31. The molecule has 28 heavy (non-hydrogen) atoms. The zero-order valence-corrected chi connectivity index (χ0v) is 15.5. The minimum atomic E-state index is -0.145. The Kier molecular flexibility index (Phi) is 5.01. The van der Waals surface area contributed by atoms with Crippen molar-refractivity contribution in [3.63, 3.8) is 0 Å². The highest BCUT2D eigenvalue weighted by Gasteiger charge is 2.07. The smallest absolute Gasteiger partial charge is 0.251 e. The Morgan fingerprint density at radius 1 is 1.04 bits per heavy atom. The van der Waals surface area contributed by atoms with Gasteiger partial charge in [0.1, 0.15) is 18.0 Å². The number of nitrogens with one attached hydrogen (secondary N) is 1. The zero-order valence-electron chi connectivity index (χ0n) is 15.5. The van der Waals surface area contributed by atoms with E-state index in [1.165, 1.54) is 5.56 Å². The molecule has 0 bridgehead atoms. The van der Waals surface area contributed by atoms with Crippen molar-refractivity contribution in [2.45, 2.75) is 20.1 Å². The third-order valence-corrected chi connectivity index (χ3v) is 4.31. The standard InChI is InChI=1S/C22H20N4O2/c1-16-5-10-21-25-19(14-26(21)13-16)15-28-20-8-6-17(7-9-20)22(27)24-12-18-4-2-3-11-23-18/h2-11,13-14H,12,15H2,1H3,(H,24,27). The van der Waals surface area contributed by atoms with Gasteiger partial charge in [0.05, 0.1) is 17.9 Å². The van der Waals surface area contributed by atoms with E-state index in [0.717, 1.165) is 17.0 Å². The average Bonchev–Trinajstić information content (AvgIpc) is 3.13. The lowest BCUT2D eigenvalue weighted by atomic mass is 10.2. The van der Waals surface area contributed by atoms with Gasteiger partial charge in [-0.3, -0.25) is 9.78 Å². The lowest BCUT2D eigenvalue weighted by Gasteiger charge is -2.07. The Labute approximate surface area is 162 Å². The summed E-state index contributed by atoms with van der Waals surface area (Å²) in [4.78, 5) is 21.0. The van der Waals surface area contributed by atoms with E-state index in [4.69, 9.17) is 4.74 Å². The molecule has 1 N–H and O–H groups in total. The van der Waals surface area contributed by atoms with Crippen LogP contribution < -0.4 is 10.1 Å². The SMILES string of the molecule is Cc1ccc2nc(COc3ccc(C(=O)NCc4ccccn4)cc3)cn2c1. The van der Waals surface area contributed by atoms with Crippen molar-refractivity contribution in [2.24, 2.45) is 0 Å². The van der Waals surface area contributed by atoms with E-state index in [0.29, 0.717) is 24.5 Å². The number of amides is 1. The van der Waals surface area contributed by atoms with Crippen molar-refractivity contribution in [3.05, 3.63) is 95.7 Å². The quantitative estimate of drug-likeness (QED) is 0.562. The van der Waals surface area contributed by atoms with Crippen molar-refractivity contribution in [3.8, 4) is 5.75 Å². The largest absolute Gasteiger partial charge is 0.487 e. The fourth-order valence-corrected chi connectivity index (χ4v) is 2.86. The molecule has 0 fully saturated rings. The number of imidazole rings is 1. The van der Waals surface area contributed by atoms with Crippen molar-refractivity contribution >= 4 is 11.6 Å². The van der Waals surface area contributed by atoms with E-state index >= 15 is 0 Å². The summed E-state index contributed by atoms with van der Waals surface area (Å²) in [5.41, 5.74) is 4.31. The van der Waals surface area contributed by atoms with Gasteiger partial charge in [0, 0.05) is 24.2 Å². The molecule has 1 amide bonds. The number of carbonyl (C=O) groups is 1. The van der Waals surface area contributed by atoms with Crippen molar-refractivity contribution in [2.75, 3.05) is 0 Å². The Morgan fingerprint density at radius 2 is 1.89 bits per heavy atom. The minimum absolute atomic E-state index is 0.145. The first-order valence-corrected chi connectivity index (χ1v) is 9.02. The summed E-state index contributed by atoms with van der Waals surface area (Å²) >= 11 is 0.